The average Bonchev–Trinajstić information content (AvgIpc) is 3.72. The number of thiazole rings is 1. The van der Waals surface area contributed by atoms with Gasteiger partial charge in [0.1, 0.15) is 16.7 Å². The number of nitrogens with zero attached hydrogens (tertiary/aromatic N) is 3. The summed E-state index contributed by atoms with van der Waals surface area (Å²) in [5.74, 6) is -0.0654. The van der Waals surface area contributed by atoms with E-state index in [0.717, 1.165) is 56.6 Å². The third-order valence-corrected chi connectivity index (χ3v) is 10.1. The second-order valence-corrected chi connectivity index (χ2v) is 12.4. The highest BCUT2D eigenvalue weighted by Gasteiger charge is 2.44. The summed E-state index contributed by atoms with van der Waals surface area (Å²) in [6, 6.07) is 2.90. The third-order valence-electron chi connectivity index (χ3n) is 8.27. The number of halogens is 2. The lowest BCUT2D eigenvalue weighted by Crippen LogP contribution is -2.60. The molecule has 2 N–H and O–H groups in total. The van der Waals surface area contributed by atoms with Crippen LogP contribution >= 0.6 is 47.5 Å². The van der Waals surface area contributed by atoms with E-state index < -0.39 is 6.04 Å². The fourth-order valence-corrected chi connectivity index (χ4v) is 7.56. The SMILES string of the molecule is CN[C@@H](C)C(=O)N[C@H](C(=O)N1C[C@H]2CCCN2C[C@H]1c1nc(C(=O)c2cccs2)cs1)C1CCCCC1.Cl.Cl. The summed E-state index contributed by atoms with van der Waals surface area (Å²) in [7, 11) is 1.76. The van der Waals surface area contributed by atoms with Crippen LogP contribution in [-0.4, -0.2) is 77.2 Å². The Morgan fingerprint density at radius 2 is 1.82 bits per heavy atom. The van der Waals surface area contributed by atoms with E-state index >= 15 is 0 Å². The second-order valence-electron chi connectivity index (χ2n) is 10.6. The van der Waals surface area contributed by atoms with Crippen molar-refractivity contribution in [2.24, 2.45) is 5.92 Å². The van der Waals surface area contributed by atoms with E-state index in [4.69, 9.17) is 4.98 Å². The minimum absolute atomic E-state index is 0. The summed E-state index contributed by atoms with van der Waals surface area (Å²) in [5, 5.41) is 10.6. The predicted octanol–water partition coefficient (Wildman–Crippen LogP) is 4.30. The van der Waals surface area contributed by atoms with Crippen LogP contribution < -0.4 is 10.6 Å². The Bertz CT molecular complexity index is 1110. The number of hydrogen-bond acceptors (Lipinski definition) is 8. The van der Waals surface area contributed by atoms with E-state index in [1.165, 1.54) is 29.1 Å². The van der Waals surface area contributed by atoms with Gasteiger partial charge in [-0.2, -0.15) is 0 Å². The van der Waals surface area contributed by atoms with Crippen LogP contribution in [0.5, 0.6) is 0 Å². The minimum Gasteiger partial charge on any atom is -0.343 e. The molecular formula is C27H39Cl2N5O3S2. The van der Waals surface area contributed by atoms with E-state index in [1.807, 2.05) is 34.7 Å². The van der Waals surface area contributed by atoms with Crippen molar-refractivity contribution in [3.05, 3.63) is 38.5 Å². The lowest BCUT2D eigenvalue weighted by molar-refractivity contribution is -0.144. The maximum absolute atomic E-state index is 14.3. The quantitative estimate of drug-likeness (QED) is 0.430. The van der Waals surface area contributed by atoms with Gasteiger partial charge in [-0.25, -0.2) is 4.98 Å². The van der Waals surface area contributed by atoms with Gasteiger partial charge >= 0.3 is 0 Å². The summed E-state index contributed by atoms with van der Waals surface area (Å²) < 4.78 is 0. The molecule has 8 nitrogen and oxygen atoms in total. The van der Waals surface area contributed by atoms with Crippen molar-refractivity contribution < 1.29 is 14.4 Å². The van der Waals surface area contributed by atoms with Gasteiger partial charge in [0, 0.05) is 24.5 Å². The molecule has 0 radical (unpaired) electrons. The van der Waals surface area contributed by atoms with Gasteiger partial charge in [0.15, 0.2) is 0 Å². The number of nitrogens with one attached hydrogen (secondary N) is 2. The summed E-state index contributed by atoms with van der Waals surface area (Å²) in [6.07, 6.45) is 7.47. The van der Waals surface area contributed by atoms with E-state index in [1.54, 1.807) is 7.05 Å². The van der Waals surface area contributed by atoms with Gasteiger partial charge in [0.25, 0.3) is 0 Å². The van der Waals surface area contributed by atoms with Crippen molar-refractivity contribution in [1.82, 2.24) is 25.4 Å². The highest BCUT2D eigenvalue weighted by atomic mass is 35.5. The Morgan fingerprint density at radius 3 is 2.51 bits per heavy atom. The molecule has 3 fully saturated rings. The average molecular weight is 617 g/mol. The molecule has 2 aromatic heterocycles. The third kappa shape index (κ3) is 7.02. The number of rotatable bonds is 8. The molecule has 3 aliphatic rings. The molecule has 2 saturated heterocycles. The molecule has 0 unspecified atom stereocenters. The molecule has 0 spiro atoms. The van der Waals surface area contributed by atoms with Gasteiger partial charge in [-0.05, 0) is 63.6 Å². The molecule has 4 heterocycles. The first kappa shape index (κ1) is 32.0. The highest BCUT2D eigenvalue weighted by molar-refractivity contribution is 7.12. The Labute approximate surface area is 251 Å². The first-order chi connectivity index (χ1) is 18.0. The van der Waals surface area contributed by atoms with E-state index in [2.05, 4.69) is 15.5 Å². The number of likely N-dealkylation sites (N-methyl/N-ethyl adjacent to an activating group) is 1. The molecule has 0 aromatic carbocycles. The first-order valence-corrected chi connectivity index (χ1v) is 15.3. The van der Waals surface area contributed by atoms with Crippen LogP contribution in [0.2, 0.25) is 0 Å². The van der Waals surface area contributed by atoms with Crippen LogP contribution in [0.15, 0.2) is 22.9 Å². The van der Waals surface area contributed by atoms with Crippen molar-refractivity contribution in [2.75, 3.05) is 26.7 Å². The van der Waals surface area contributed by atoms with Crippen LogP contribution in [0, 0.1) is 5.92 Å². The summed E-state index contributed by atoms with van der Waals surface area (Å²) >= 11 is 2.88. The van der Waals surface area contributed by atoms with Crippen molar-refractivity contribution in [3.63, 3.8) is 0 Å². The van der Waals surface area contributed by atoms with E-state index in [-0.39, 0.29) is 60.4 Å². The Hall–Kier alpha value is -1.56. The maximum atomic E-state index is 14.3. The zero-order chi connectivity index (χ0) is 25.9. The standard InChI is InChI=1S/C27H37N5O3S2.2ClH/c1-17(28-2)25(34)30-23(18-8-4-3-5-9-18)27(35)32-14-19-10-6-12-31(19)15-21(32)26-29-20(16-37-26)24(33)22-11-7-13-36-22;;/h7,11,13,16-19,21,23,28H,3-6,8-10,12,14-15H2,1-2H3,(H,30,34);2*1H/t17-,19+,21-,23-;;/m0../s1. The number of aromatic nitrogens is 1. The number of carbonyl (C=O) groups excluding carboxylic acids is 3. The minimum atomic E-state index is -0.536. The molecule has 2 aromatic rings. The van der Waals surface area contributed by atoms with Crippen LogP contribution in [0.25, 0.3) is 0 Å². The zero-order valence-corrected chi connectivity index (χ0v) is 25.7. The number of amides is 2. The van der Waals surface area contributed by atoms with E-state index in [9.17, 15) is 14.4 Å². The monoisotopic (exact) mass is 615 g/mol. The number of piperazine rings is 1. The predicted molar refractivity (Wildman–Crippen MR) is 160 cm³/mol. The zero-order valence-electron chi connectivity index (χ0n) is 22.5. The first-order valence-electron chi connectivity index (χ1n) is 13.5. The molecule has 4 atom stereocenters. The number of ketones is 1. The topological polar surface area (TPSA) is 94.6 Å². The van der Waals surface area contributed by atoms with Gasteiger partial charge in [-0.15, -0.1) is 47.5 Å². The van der Waals surface area contributed by atoms with Crippen LogP contribution in [-0.2, 0) is 9.59 Å². The van der Waals surface area contributed by atoms with Crippen molar-refractivity contribution in [2.45, 2.75) is 76.0 Å². The molecule has 216 valence electrons. The van der Waals surface area contributed by atoms with Crippen molar-refractivity contribution >= 4 is 65.1 Å². The molecule has 0 bridgehead atoms. The van der Waals surface area contributed by atoms with E-state index in [0.29, 0.717) is 23.2 Å². The smallest absolute Gasteiger partial charge is 0.246 e. The summed E-state index contributed by atoms with van der Waals surface area (Å²) in [6.45, 7) is 4.20. The van der Waals surface area contributed by atoms with Gasteiger partial charge in [0.2, 0.25) is 17.6 Å². The lowest BCUT2D eigenvalue weighted by atomic mass is 9.82. The van der Waals surface area contributed by atoms with Gasteiger partial charge in [0.05, 0.1) is 17.0 Å². The number of carbonyl (C=O) groups is 3. The largest absolute Gasteiger partial charge is 0.343 e. The van der Waals surface area contributed by atoms with Crippen molar-refractivity contribution in [1.29, 1.82) is 0 Å². The summed E-state index contributed by atoms with van der Waals surface area (Å²) in [4.78, 5) is 50.1. The van der Waals surface area contributed by atoms with Gasteiger partial charge < -0.3 is 15.5 Å². The van der Waals surface area contributed by atoms with Crippen LogP contribution in [0.1, 0.15) is 78.3 Å². The Balaban J connectivity index is 0.00000210. The molecule has 5 rings (SSSR count). The molecule has 2 aliphatic heterocycles. The fourth-order valence-electron chi connectivity index (χ4n) is 5.99. The van der Waals surface area contributed by atoms with Crippen LogP contribution in [0.4, 0.5) is 0 Å². The van der Waals surface area contributed by atoms with Crippen LogP contribution in [0.3, 0.4) is 0 Å². The van der Waals surface area contributed by atoms with Crippen molar-refractivity contribution in [3.8, 4) is 0 Å². The van der Waals surface area contributed by atoms with Gasteiger partial charge in [-0.1, -0.05) is 25.3 Å². The number of thiophene rings is 1. The highest BCUT2D eigenvalue weighted by Crippen LogP contribution is 2.36. The second kappa shape index (κ2) is 14.4. The Kier molecular flexibility index (Phi) is 11.8. The normalized spacial score (nSPS) is 23.2. The Morgan fingerprint density at radius 1 is 1.05 bits per heavy atom. The maximum Gasteiger partial charge on any atom is 0.246 e. The molecule has 12 heteroatoms. The lowest BCUT2D eigenvalue weighted by Gasteiger charge is -2.45. The fraction of sp³-hybridized carbons (Fsp3) is 0.630. The number of hydrogen-bond donors (Lipinski definition) is 2. The number of fused-ring (bicyclic) bond motifs is 1. The molecule has 1 saturated carbocycles. The molecular weight excluding hydrogens is 577 g/mol. The molecule has 39 heavy (non-hydrogen) atoms. The van der Waals surface area contributed by atoms with Gasteiger partial charge in [-0.3, -0.25) is 19.3 Å². The molecule has 1 aliphatic carbocycles. The summed E-state index contributed by atoms with van der Waals surface area (Å²) in [5.41, 5.74) is 0.443. The molecule has 2 amide bonds.